The molecule has 0 N–H and O–H groups in total. The van der Waals surface area contributed by atoms with Gasteiger partial charge in [-0.15, -0.1) is 0 Å². The Hall–Kier alpha value is -0.560. The van der Waals surface area contributed by atoms with Gasteiger partial charge in [-0.05, 0) is 43.4 Å². The Kier molecular flexibility index (Phi) is 5.99. The average Bonchev–Trinajstić information content (AvgIpc) is 3.14. The van der Waals surface area contributed by atoms with Crippen LogP contribution in [0.2, 0.25) is 0 Å². The van der Waals surface area contributed by atoms with Gasteiger partial charge >= 0.3 is 0 Å². The summed E-state index contributed by atoms with van der Waals surface area (Å²) in [6.45, 7) is 1.00. The second-order valence-electron chi connectivity index (χ2n) is 6.03. The topological polar surface area (TPSA) is 9.23 Å². The monoisotopic (exact) mass is 248 g/mol. The molecule has 3 aliphatic rings. The van der Waals surface area contributed by atoms with Gasteiger partial charge in [0.15, 0.2) is 0 Å². The van der Waals surface area contributed by atoms with Crippen molar-refractivity contribution in [1.29, 1.82) is 0 Å². The molecule has 0 saturated heterocycles. The van der Waals surface area contributed by atoms with Gasteiger partial charge in [-0.3, -0.25) is 0 Å². The average molecular weight is 248 g/mol. The van der Waals surface area contributed by atoms with Crippen LogP contribution in [0.15, 0.2) is 24.3 Å². The summed E-state index contributed by atoms with van der Waals surface area (Å²) < 4.78 is 5.24. The minimum Gasteiger partial charge on any atom is -0.384 e. The Labute approximate surface area is 112 Å². The minimum absolute atomic E-state index is 0.885. The zero-order valence-electron chi connectivity index (χ0n) is 11.8. The third kappa shape index (κ3) is 4.28. The molecular weight excluding hydrogens is 220 g/mol. The molecule has 102 valence electrons. The summed E-state index contributed by atoms with van der Waals surface area (Å²) in [5.74, 6) is 3.03. The highest BCUT2D eigenvalue weighted by Crippen LogP contribution is 2.42. The Morgan fingerprint density at radius 1 is 0.944 bits per heavy atom. The van der Waals surface area contributed by atoms with Gasteiger partial charge < -0.3 is 4.74 Å². The minimum atomic E-state index is 0.885. The van der Waals surface area contributed by atoms with Crippen molar-refractivity contribution in [2.75, 3.05) is 13.7 Å². The number of ether oxygens (including phenoxy) is 1. The van der Waals surface area contributed by atoms with Crippen LogP contribution < -0.4 is 0 Å². The summed E-state index contributed by atoms with van der Waals surface area (Å²) >= 11 is 0. The summed E-state index contributed by atoms with van der Waals surface area (Å²) in [7, 11) is 1.84. The first-order valence-corrected chi connectivity index (χ1v) is 7.70. The lowest BCUT2D eigenvalue weighted by molar-refractivity contribution is 0.150. The van der Waals surface area contributed by atoms with Gasteiger partial charge in [-0.25, -0.2) is 0 Å². The third-order valence-corrected chi connectivity index (χ3v) is 4.71. The van der Waals surface area contributed by atoms with Gasteiger partial charge in [0.1, 0.15) is 0 Å². The number of methoxy groups -OCH3 is 1. The number of hydrogen-bond acceptors (Lipinski definition) is 1. The van der Waals surface area contributed by atoms with E-state index >= 15 is 0 Å². The first kappa shape index (κ1) is 13.9. The molecule has 2 fully saturated rings. The van der Waals surface area contributed by atoms with Gasteiger partial charge in [0, 0.05) is 13.7 Å². The summed E-state index contributed by atoms with van der Waals surface area (Å²) in [5.41, 5.74) is 0. The summed E-state index contributed by atoms with van der Waals surface area (Å²) in [6, 6.07) is 0. The first-order chi connectivity index (χ1) is 8.90. The first-order valence-electron chi connectivity index (χ1n) is 7.70. The maximum Gasteiger partial charge on any atom is 0.0490 e. The van der Waals surface area contributed by atoms with Gasteiger partial charge in [-0.2, -0.15) is 0 Å². The van der Waals surface area contributed by atoms with E-state index in [2.05, 4.69) is 24.3 Å². The van der Waals surface area contributed by atoms with Gasteiger partial charge in [0.25, 0.3) is 0 Å². The standard InChI is InChI=1S/C12H22O.C5H6/c1-13-9-10-6-7-12(8-10)11-4-2-3-5-11;1-2-4-5-3-1/h10-12H,2-9H2,1H3;1-4H,5H2. The molecule has 3 aliphatic carbocycles. The molecule has 18 heavy (non-hydrogen) atoms. The van der Waals surface area contributed by atoms with E-state index in [0.29, 0.717) is 0 Å². The summed E-state index contributed by atoms with van der Waals surface area (Å²) in [5, 5.41) is 0. The van der Waals surface area contributed by atoms with E-state index in [9.17, 15) is 0 Å². The zero-order chi connectivity index (χ0) is 12.6. The van der Waals surface area contributed by atoms with E-state index in [1.54, 1.807) is 0 Å². The van der Waals surface area contributed by atoms with E-state index in [1.807, 2.05) is 7.11 Å². The van der Waals surface area contributed by atoms with Gasteiger partial charge in [-0.1, -0.05) is 50.0 Å². The third-order valence-electron chi connectivity index (χ3n) is 4.71. The van der Waals surface area contributed by atoms with Crippen LogP contribution in [0.4, 0.5) is 0 Å². The number of hydrogen-bond donors (Lipinski definition) is 0. The van der Waals surface area contributed by atoms with E-state index in [-0.39, 0.29) is 0 Å². The molecule has 2 atom stereocenters. The fourth-order valence-corrected chi connectivity index (χ4v) is 3.75. The maximum absolute atomic E-state index is 5.24. The van der Waals surface area contributed by atoms with Crippen LogP contribution in [-0.2, 0) is 4.74 Å². The van der Waals surface area contributed by atoms with Gasteiger partial charge in [0.05, 0.1) is 0 Å². The molecule has 0 aliphatic heterocycles. The Balaban J connectivity index is 0.000000202. The molecule has 0 heterocycles. The molecule has 1 heteroatoms. The van der Waals surface area contributed by atoms with E-state index < -0.39 is 0 Å². The lowest BCUT2D eigenvalue weighted by atomic mass is 9.89. The van der Waals surface area contributed by atoms with Crippen molar-refractivity contribution in [2.24, 2.45) is 17.8 Å². The number of allylic oxidation sites excluding steroid dienone is 4. The molecule has 2 unspecified atom stereocenters. The van der Waals surface area contributed by atoms with Crippen LogP contribution in [0.25, 0.3) is 0 Å². The highest BCUT2D eigenvalue weighted by atomic mass is 16.5. The van der Waals surface area contributed by atoms with E-state index in [1.165, 1.54) is 44.9 Å². The van der Waals surface area contributed by atoms with Crippen molar-refractivity contribution in [3.8, 4) is 0 Å². The fraction of sp³-hybridized carbons (Fsp3) is 0.765. The SMILES string of the molecule is C1=CCC=C1.COCC1CCC(C2CCCC2)C1. The molecule has 0 aromatic rings. The lowest BCUT2D eigenvalue weighted by Gasteiger charge is -2.17. The molecular formula is C17H28O. The van der Waals surface area contributed by atoms with Crippen LogP contribution >= 0.6 is 0 Å². The second-order valence-corrected chi connectivity index (χ2v) is 6.03. The molecule has 3 rings (SSSR count). The molecule has 0 aromatic heterocycles. The number of rotatable bonds is 3. The smallest absolute Gasteiger partial charge is 0.0490 e. The fourth-order valence-electron chi connectivity index (χ4n) is 3.75. The van der Waals surface area contributed by atoms with Crippen molar-refractivity contribution in [1.82, 2.24) is 0 Å². The van der Waals surface area contributed by atoms with Crippen LogP contribution in [-0.4, -0.2) is 13.7 Å². The van der Waals surface area contributed by atoms with Crippen LogP contribution in [0.5, 0.6) is 0 Å². The van der Waals surface area contributed by atoms with Crippen molar-refractivity contribution < 1.29 is 4.74 Å². The molecule has 2 saturated carbocycles. The normalized spacial score (nSPS) is 30.7. The Bertz CT molecular complexity index is 263. The molecule has 0 bridgehead atoms. The highest BCUT2D eigenvalue weighted by molar-refractivity contribution is 5.11. The molecule has 0 aromatic carbocycles. The second kappa shape index (κ2) is 7.78. The predicted molar refractivity (Wildman–Crippen MR) is 77.6 cm³/mol. The predicted octanol–water partition coefficient (Wildman–Crippen LogP) is 4.74. The highest BCUT2D eigenvalue weighted by Gasteiger charge is 2.31. The van der Waals surface area contributed by atoms with Crippen molar-refractivity contribution in [3.63, 3.8) is 0 Å². The van der Waals surface area contributed by atoms with Crippen molar-refractivity contribution >= 4 is 0 Å². The Morgan fingerprint density at radius 3 is 2.22 bits per heavy atom. The quantitative estimate of drug-likeness (QED) is 0.701. The summed E-state index contributed by atoms with van der Waals surface area (Å²) in [6.07, 6.45) is 19.9. The van der Waals surface area contributed by atoms with Crippen molar-refractivity contribution in [2.45, 2.75) is 51.4 Å². The summed E-state index contributed by atoms with van der Waals surface area (Å²) in [4.78, 5) is 0. The lowest BCUT2D eigenvalue weighted by Crippen LogP contribution is -2.09. The molecule has 1 nitrogen and oxygen atoms in total. The molecule has 0 amide bonds. The van der Waals surface area contributed by atoms with Crippen molar-refractivity contribution in [3.05, 3.63) is 24.3 Å². The molecule has 0 radical (unpaired) electrons. The maximum atomic E-state index is 5.24. The van der Waals surface area contributed by atoms with Gasteiger partial charge in [0.2, 0.25) is 0 Å². The van der Waals surface area contributed by atoms with E-state index in [4.69, 9.17) is 4.74 Å². The van der Waals surface area contributed by atoms with Crippen LogP contribution in [0.1, 0.15) is 51.4 Å². The molecule has 0 spiro atoms. The van der Waals surface area contributed by atoms with E-state index in [0.717, 1.165) is 30.8 Å². The zero-order valence-corrected chi connectivity index (χ0v) is 11.8. The van der Waals surface area contributed by atoms with Crippen LogP contribution in [0, 0.1) is 17.8 Å². The largest absolute Gasteiger partial charge is 0.384 e. The Morgan fingerprint density at radius 2 is 1.67 bits per heavy atom. The van der Waals surface area contributed by atoms with Crippen LogP contribution in [0.3, 0.4) is 0 Å².